The molecule has 0 saturated heterocycles. The maximum atomic E-state index is 4.39. The Labute approximate surface area is 229 Å². The minimum absolute atomic E-state index is 0.855. The molecule has 6 aromatic rings. The molecule has 4 aromatic carbocycles. The number of hydrogen-bond acceptors (Lipinski definition) is 2. The summed E-state index contributed by atoms with van der Waals surface area (Å²) in [4.78, 5) is 11.5. The molecule has 0 fully saturated rings. The molecule has 0 amide bonds. The van der Waals surface area contributed by atoms with E-state index >= 15 is 0 Å². The highest BCUT2D eigenvalue weighted by Crippen LogP contribution is 2.16. The second-order valence-corrected chi connectivity index (χ2v) is 10.1. The number of benzene rings is 4. The first-order chi connectivity index (χ1) is 17.1. The van der Waals surface area contributed by atoms with Gasteiger partial charge in [0.1, 0.15) is 0 Å². The lowest BCUT2D eigenvalue weighted by Crippen LogP contribution is -1.97. The van der Waals surface area contributed by atoms with Crippen LogP contribution in [0.25, 0.3) is 22.1 Å². The monoisotopic (exact) mass is 652 g/mol. The third-order valence-electron chi connectivity index (χ3n) is 5.19. The summed E-state index contributed by atoms with van der Waals surface area (Å²) in [5, 5.41) is 0.931. The molecular weight excluding hydrogens is 632 g/mol. The first-order valence-corrected chi connectivity index (χ1v) is 13.7. The van der Waals surface area contributed by atoms with Crippen LogP contribution in [0, 0.1) is 0 Å². The molecule has 0 unspecified atom stereocenters. The minimum Gasteiger partial charge on any atom is -0.345 e. The predicted octanol–water partition coefficient (Wildman–Crippen LogP) is 8.75. The maximum absolute atomic E-state index is 4.39. The number of aromatic nitrogens is 4. The summed E-state index contributed by atoms with van der Waals surface area (Å²) < 4.78 is 4.41. The molecule has 0 atom stereocenters. The molecule has 1 N–H and O–H groups in total. The lowest BCUT2D eigenvalue weighted by Gasteiger charge is -2.04. The van der Waals surface area contributed by atoms with Gasteiger partial charge in [-0.2, -0.15) is 0 Å². The van der Waals surface area contributed by atoms with Crippen LogP contribution in [0.15, 0.2) is 119 Å². The Kier molecular flexibility index (Phi) is 9.28. The highest BCUT2D eigenvalue weighted by molar-refractivity contribution is 9.10. The molecule has 6 rings (SSSR count). The molecule has 0 radical (unpaired) electrons. The molecule has 0 spiro atoms. The molecule has 4 nitrogen and oxygen atoms in total. The average Bonchev–Trinajstić information content (AvgIpc) is 3.54. The molecule has 0 aliphatic heterocycles. The normalized spacial score (nSPS) is 10.4. The SMILES string of the molecule is BrCc1ccc(Br)cc1.Brc1ccc(Cn2cnc3ccccc32)cc1.c1ccc2[nH]cnc2c1. The highest BCUT2D eigenvalue weighted by Gasteiger charge is 2.02. The van der Waals surface area contributed by atoms with E-state index in [1.807, 2.05) is 60.9 Å². The Morgan fingerprint density at radius 2 is 1.26 bits per heavy atom. The number of fused-ring (bicyclic) bond motifs is 2. The lowest BCUT2D eigenvalue weighted by atomic mass is 10.2. The Hall–Kier alpha value is -2.74. The molecular formula is C28H23Br3N4. The van der Waals surface area contributed by atoms with Gasteiger partial charge in [0.05, 0.1) is 34.7 Å². The number of nitrogens with one attached hydrogen (secondary N) is 1. The summed E-state index contributed by atoms with van der Waals surface area (Å²) in [6, 6.07) is 32.7. The number of halogens is 3. The van der Waals surface area contributed by atoms with E-state index in [4.69, 9.17) is 0 Å². The van der Waals surface area contributed by atoms with E-state index in [-0.39, 0.29) is 0 Å². The quantitative estimate of drug-likeness (QED) is 0.194. The van der Waals surface area contributed by atoms with Crippen molar-refractivity contribution in [1.82, 2.24) is 19.5 Å². The first-order valence-electron chi connectivity index (χ1n) is 11.0. The van der Waals surface area contributed by atoms with Crippen molar-refractivity contribution in [2.45, 2.75) is 11.9 Å². The van der Waals surface area contributed by atoms with Crippen molar-refractivity contribution in [2.75, 3.05) is 0 Å². The van der Waals surface area contributed by atoms with Gasteiger partial charge in [0, 0.05) is 20.8 Å². The fourth-order valence-electron chi connectivity index (χ4n) is 3.38. The van der Waals surface area contributed by atoms with Gasteiger partial charge in [-0.3, -0.25) is 0 Å². The van der Waals surface area contributed by atoms with Crippen molar-refractivity contribution >= 4 is 69.9 Å². The van der Waals surface area contributed by atoms with E-state index in [9.17, 15) is 0 Å². The standard InChI is InChI=1S/C14H11BrN2.C7H6Br2.C7H6N2/c15-12-7-5-11(6-8-12)9-17-10-16-13-3-1-2-4-14(13)17;8-5-6-1-3-7(9)4-2-6;1-2-4-7-6(3-1)8-5-9-7/h1-8,10H,9H2;1-4H,5H2;1-5H,(H,8,9). The smallest absolute Gasteiger partial charge is 0.0961 e. The summed E-state index contributed by atoms with van der Waals surface area (Å²) in [6.45, 7) is 0.855. The number of hydrogen-bond donors (Lipinski definition) is 1. The molecule has 0 aliphatic carbocycles. The Morgan fingerprint density at radius 3 is 1.91 bits per heavy atom. The molecule has 0 saturated carbocycles. The number of nitrogens with zero attached hydrogens (tertiary/aromatic N) is 3. The number of rotatable bonds is 3. The van der Waals surface area contributed by atoms with E-state index < -0.39 is 0 Å². The molecule has 0 aliphatic rings. The fourth-order valence-corrected chi connectivity index (χ4v) is 4.28. The van der Waals surface area contributed by atoms with Crippen molar-refractivity contribution in [2.24, 2.45) is 0 Å². The van der Waals surface area contributed by atoms with Gasteiger partial charge in [-0.15, -0.1) is 0 Å². The number of alkyl halides is 1. The second kappa shape index (κ2) is 12.8. The van der Waals surface area contributed by atoms with Crippen LogP contribution in [0.2, 0.25) is 0 Å². The van der Waals surface area contributed by atoms with Crippen molar-refractivity contribution in [3.8, 4) is 0 Å². The van der Waals surface area contributed by atoms with Crippen LogP contribution in [0.4, 0.5) is 0 Å². The van der Waals surface area contributed by atoms with Crippen molar-refractivity contribution in [3.63, 3.8) is 0 Å². The van der Waals surface area contributed by atoms with Crippen LogP contribution in [0.1, 0.15) is 11.1 Å². The third-order valence-corrected chi connectivity index (χ3v) is 6.89. The van der Waals surface area contributed by atoms with Crippen molar-refractivity contribution < 1.29 is 0 Å². The molecule has 2 aromatic heterocycles. The van der Waals surface area contributed by atoms with E-state index in [0.29, 0.717) is 0 Å². The van der Waals surface area contributed by atoms with Crippen LogP contribution >= 0.6 is 47.8 Å². The van der Waals surface area contributed by atoms with Crippen LogP contribution in [0.5, 0.6) is 0 Å². The number of H-pyrrole nitrogens is 1. The van der Waals surface area contributed by atoms with E-state index in [0.717, 1.165) is 37.4 Å². The van der Waals surface area contributed by atoms with Gasteiger partial charge in [-0.1, -0.05) is 96.3 Å². The van der Waals surface area contributed by atoms with Gasteiger partial charge >= 0.3 is 0 Å². The zero-order chi connectivity index (χ0) is 24.5. The van der Waals surface area contributed by atoms with Gasteiger partial charge in [0.25, 0.3) is 0 Å². The van der Waals surface area contributed by atoms with Crippen LogP contribution in [-0.2, 0) is 11.9 Å². The maximum Gasteiger partial charge on any atom is 0.0961 e. The molecule has 176 valence electrons. The first kappa shape index (κ1) is 25.4. The number of imidazole rings is 2. The molecule has 7 heteroatoms. The third kappa shape index (κ3) is 7.37. The van der Waals surface area contributed by atoms with Crippen LogP contribution in [0.3, 0.4) is 0 Å². The van der Waals surface area contributed by atoms with Crippen LogP contribution < -0.4 is 0 Å². The topological polar surface area (TPSA) is 46.5 Å². The van der Waals surface area contributed by atoms with E-state index in [1.54, 1.807) is 6.33 Å². The van der Waals surface area contributed by atoms with Gasteiger partial charge in [0.2, 0.25) is 0 Å². The zero-order valence-corrected chi connectivity index (χ0v) is 23.5. The van der Waals surface area contributed by atoms with Crippen LogP contribution in [-0.4, -0.2) is 19.5 Å². The Morgan fingerprint density at radius 1 is 0.657 bits per heavy atom. The summed E-state index contributed by atoms with van der Waals surface area (Å²) in [5.74, 6) is 0. The largest absolute Gasteiger partial charge is 0.345 e. The molecule has 0 bridgehead atoms. The highest BCUT2D eigenvalue weighted by atomic mass is 79.9. The fraction of sp³-hybridized carbons (Fsp3) is 0.0714. The van der Waals surface area contributed by atoms with E-state index in [1.165, 1.54) is 16.6 Å². The lowest BCUT2D eigenvalue weighted by molar-refractivity contribution is 0.824. The predicted molar refractivity (Wildman–Crippen MR) is 156 cm³/mol. The summed E-state index contributed by atoms with van der Waals surface area (Å²) in [5.41, 5.74) is 6.92. The van der Waals surface area contributed by atoms with E-state index in [2.05, 4.69) is 110 Å². The summed E-state index contributed by atoms with van der Waals surface area (Å²) in [6.07, 6.45) is 3.59. The Balaban J connectivity index is 0.000000136. The van der Waals surface area contributed by atoms with Crippen molar-refractivity contribution in [1.29, 1.82) is 0 Å². The number of aromatic amines is 1. The molecule has 35 heavy (non-hydrogen) atoms. The van der Waals surface area contributed by atoms with Gasteiger partial charge < -0.3 is 9.55 Å². The average molecular weight is 655 g/mol. The summed E-state index contributed by atoms with van der Waals surface area (Å²) in [7, 11) is 0. The van der Waals surface area contributed by atoms with Gasteiger partial charge in [-0.25, -0.2) is 9.97 Å². The Bertz CT molecular complexity index is 1440. The molecule has 2 heterocycles. The number of para-hydroxylation sites is 4. The minimum atomic E-state index is 0.855. The summed E-state index contributed by atoms with van der Waals surface area (Å²) >= 11 is 10.2. The second-order valence-electron chi connectivity index (χ2n) is 7.67. The van der Waals surface area contributed by atoms with Gasteiger partial charge in [-0.05, 0) is 59.7 Å². The van der Waals surface area contributed by atoms with Gasteiger partial charge in [0.15, 0.2) is 0 Å². The zero-order valence-electron chi connectivity index (χ0n) is 18.8. The van der Waals surface area contributed by atoms with Crippen molar-refractivity contribution in [3.05, 3.63) is 130 Å².